The Bertz CT molecular complexity index is 809. The number of rotatable bonds is 9. The molecule has 1 N–H and O–H groups in total. The number of nitrogens with one attached hydrogen (secondary N) is 1. The van der Waals surface area contributed by atoms with Crippen LogP contribution in [0.15, 0.2) is 24.3 Å². The summed E-state index contributed by atoms with van der Waals surface area (Å²) < 4.78 is 25.5. The predicted molar refractivity (Wildman–Crippen MR) is 128 cm³/mol. The number of halogens is 1. The molecule has 2 rings (SSSR count). The average Bonchev–Trinajstić information content (AvgIpc) is 3.03. The lowest BCUT2D eigenvalue weighted by Gasteiger charge is -2.54. The molecule has 1 unspecified atom stereocenters. The van der Waals surface area contributed by atoms with Crippen LogP contribution in [-0.4, -0.2) is 68.7 Å². The van der Waals surface area contributed by atoms with Crippen LogP contribution < -0.4 is 5.32 Å². The highest BCUT2D eigenvalue weighted by Gasteiger charge is 2.57. The maximum Gasteiger partial charge on any atom is 0.410 e. The van der Waals surface area contributed by atoms with E-state index < -0.39 is 38.9 Å². The van der Waals surface area contributed by atoms with Crippen LogP contribution in [-0.2, 0) is 18.8 Å². The molecular weight excluding hydrogens is 443 g/mol. The fourth-order valence-electron chi connectivity index (χ4n) is 4.59. The molecule has 2 heterocycles. The van der Waals surface area contributed by atoms with E-state index in [2.05, 4.69) is 25.0 Å². The molecule has 0 saturated carbocycles. The molecule has 2 aliphatic rings. The molecule has 0 bridgehead atoms. The molecule has 0 aromatic carbocycles. The van der Waals surface area contributed by atoms with Gasteiger partial charge >= 0.3 is 6.09 Å². The third-order valence-corrected chi connectivity index (χ3v) is 7.68. The SMILES string of the molecule is C=CCOC(=O)N1CC(F)C[C@H]1/C=C(\C)C(=O)C[C@H]1NC(=O)[C@@H]1[C@@](C)(O[SiH](C)C)C(C)(C)C. The third kappa shape index (κ3) is 6.12. The largest absolute Gasteiger partial charge is 0.445 e. The molecule has 9 heteroatoms. The van der Waals surface area contributed by atoms with Gasteiger partial charge in [0, 0.05) is 12.8 Å². The number of nitrogens with zero attached hydrogens (tertiary/aromatic N) is 1. The molecule has 0 aliphatic carbocycles. The van der Waals surface area contributed by atoms with E-state index in [-0.39, 0.29) is 49.1 Å². The zero-order valence-electron chi connectivity index (χ0n) is 20.9. The van der Waals surface area contributed by atoms with E-state index in [9.17, 15) is 18.8 Å². The first kappa shape index (κ1) is 27.2. The van der Waals surface area contributed by atoms with E-state index >= 15 is 0 Å². The van der Waals surface area contributed by atoms with Crippen molar-refractivity contribution in [3.05, 3.63) is 24.3 Å². The zero-order valence-corrected chi connectivity index (χ0v) is 22.1. The van der Waals surface area contributed by atoms with Gasteiger partial charge in [-0.2, -0.15) is 0 Å². The molecule has 0 spiro atoms. The van der Waals surface area contributed by atoms with Crippen molar-refractivity contribution in [2.75, 3.05) is 13.2 Å². The first-order valence-electron chi connectivity index (χ1n) is 11.6. The van der Waals surface area contributed by atoms with Crippen LogP contribution in [0.4, 0.5) is 9.18 Å². The molecule has 2 aliphatic heterocycles. The van der Waals surface area contributed by atoms with Crippen LogP contribution in [0, 0.1) is 11.3 Å². The summed E-state index contributed by atoms with van der Waals surface area (Å²) in [6.45, 7) is 17.4. The minimum atomic E-state index is -1.46. The third-order valence-electron chi connectivity index (χ3n) is 6.71. The minimum absolute atomic E-state index is 0.0389. The second-order valence-electron chi connectivity index (χ2n) is 10.5. The molecule has 186 valence electrons. The highest BCUT2D eigenvalue weighted by Crippen LogP contribution is 2.45. The molecule has 33 heavy (non-hydrogen) atoms. The number of β-lactam (4-membered cyclic amide) rings is 1. The van der Waals surface area contributed by atoms with Crippen molar-refractivity contribution in [1.82, 2.24) is 10.2 Å². The second-order valence-corrected chi connectivity index (χ2v) is 12.8. The number of alkyl halides is 1. The Hall–Kier alpha value is -2.00. The van der Waals surface area contributed by atoms with E-state index in [1.165, 1.54) is 11.0 Å². The number of allylic oxidation sites excluding steroid dienone is 1. The standard InChI is InChI=1S/C24H39FN2O5Si/c1-9-10-31-22(30)27-14-16(25)12-17(27)11-15(2)19(28)13-18-20(21(29)26-18)24(6,23(3,4)5)32-33(7)8/h9,11,16-18,20,33H,1,10,12-14H2,2-8H3,(H,26,29)/b15-11+/t16?,17-,18-,20-,24-/m1/s1. The summed E-state index contributed by atoms with van der Waals surface area (Å²) in [5, 5.41) is 2.88. The summed E-state index contributed by atoms with van der Waals surface area (Å²) >= 11 is 0. The van der Waals surface area contributed by atoms with Gasteiger partial charge in [0.1, 0.15) is 12.8 Å². The number of ketones is 1. The van der Waals surface area contributed by atoms with Crippen molar-refractivity contribution in [1.29, 1.82) is 0 Å². The van der Waals surface area contributed by atoms with Gasteiger partial charge in [-0.15, -0.1) is 0 Å². The molecule has 7 nitrogen and oxygen atoms in total. The lowest BCUT2D eigenvalue weighted by atomic mass is 9.63. The van der Waals surface area contributed by atoms with Crippen molar-refractivity contribution in [3.63, 3.8) is 0 Å². The van der Waals surface area contributed by atoms with Crippen molar-refractivity contribution >= 4 is 26.8 Å². The molecule has 2 amide bonds. The number of hydrogen-bond acceptors (Lipinski definition) is 5. The monoisotopic (exact) mass is 482 g/mol. The summed E-state index contributed by atoms with van der Waals surface area (Å²) in [6.07, 6.45) is 1.52. The molecule has 0 aromatic rings. The highest BCUT2D eigenvalue weighted by atomic mass is 28.3. The zero-order chi connectivity index (χ0) is 25.1. The van der Waals surface area contributed by atoms with E-state index in [0.29, 0.717) is 5.57 Å². The van der Waals surface area contributed by atoms with Gasteiger partial charge in [-0.1, -0.05) is 39.5 Å². The minimum Gasteiger partial charge on any atom is -0.445 e. The number of likely N-dealkylation sites (tertiary alicyclic amines) is 1. The van der Waals surface area contributed by atoms with Crippen molar-refractivity contribution in [3.8, 4) is 0 Å². The number of hydrogen-bond donors (Lipinski definition) is 1. The molecule has 2 saturated heterocycles. The Morgan fingerprint density at radius 2 is 1.94 bits per heavy atom. The predicted octanol–water partition coefficient (Wildman–Crippen LogP) is 3.55. The number of amides is 2. The molecule has 0 aromatic heterocycles. The summed E-state index contributed by atoms with van der Waals surface area (Å²) in [5.74, 6) is -0.685. The van der Waals surface area contributed by atoms with E-state index in [0.717, 1.165) is 0 Å². The Balaban J connectivity index is 2.14. The van der Waals surface area contributed by atoms with Crippen LogP contribution in [0.3, 0.4) is 0 Å². The quantitative estimate of drug-likeness (QED) is 0.235. The van der Waals surface area contributed by atoms with E-state index in [4.69, 9.17) is 9.16 Å². The summed E-state index contributed by atoms with van der Waals surface area (Å²) in [7, 11) is -1.46. The first-order chi connectivity index (χ1) is 15.2. The number of Topliss-reactive ketones (excluding diaryl/α,β-unsaturated/α-hetero) is 1. The molecule has 5 atom stereocenters. The van der Waals surface area contributed by atoms with Crippen molar-refractivity contribution in [2.45, 2.75) is 84.4 Å². The smallest absolute Gasteiger partial charge is 0.410 e. The van der Waals surface area contributed by atoms with E-state index in [1.54, 1.807) is 13.0 Å². The summed E-state index contributed by atoms with van der Waals surface area (Å²) in [4.78, 5) is 39.1. The molecular formula is C24H39FN2O5Si. The molecule has 2 fully saturated rings. The number of carbonyl (C=O) groups excluding carboxylic acids is 3. The number of ether oxygens (including phenoxy) is 1. The Morgan fingerprint density at radius 1 is 1.30 bits per heavy atom. The van der Waals surface area contributed by atoms with Gasteiger partial charge < -0.3 is 14.5 Å². The summed E-state index contributed by atoms with van der Waals surface area (Å²) in [6, 6.07) is -0.889. The van der Waals surface area contributed by atoms with Crippen LogP contribution in [0.2, 0.25) is 13.1 Å². The first-order valence-corrected chi connectivity index (χ1v) is 14.4. The topological polar surface area (TPSA) is 84.9 Å². The van der Waals surface area contributed by atoms with Gasteiger partial charge in [0.05, 0.1) is 30.1 Å². The maximum atomic E-state index is 14.0. The lowest BCUT2D eigenvalue weighted by molar-refractivity contribution is -0.160. The fourth-order valence-corrected chi connectivity index (χ4v) is 6.07. The van der Waals surface area contributed by atoms with Gasteiger partial charge in [-0.25, -0.2) is 9.18 Å². The number of carbonyl (C=O) groups is 3. The van der Waals surface area contributed by atoms with E-state index in [1.807, 2.05) is 27.7 Å². The average molecular weight is 483 g/mol. The van der Waals surface area contributed by atoms with Gasteiger partial charge in [0.25, 0.3) is 0 Å². The Morgan fingerprint density at radius 3 is 2.45 bits per heavy atom. The lowest BCUT2D eigenvalue weighted by Crippen LogP contribution is -2.70. The van der Waals surface area contributed by atoms with Crippen LogP contribution in [0.5, 0.6) is 0 Å². The van der Waals surface area contributed by atoms with Gasteiger partial charge in [-0.05, 0) is 37.9 Å². The van der Waals surface area contributed by atoms with Crippen LogP contribution in [0.1, 0.15) is 47.5 Å². The maximum absolute atomic E-state index is 14.0. The van der Waals surface area contributed by atoms with Crippen LogP contribution >= 0.6 is 0 Å². The Kier molecular flexibility index (Phi) is 8.67. The van der Waals surface area contributed by atoms with Gasteiger partial charge in [-0.3, -0.25) is 14.5 Å². The highest BCUT2D eigenvalue weighted by molar-refractivity contribution is 6.48. The summed E-state index contributed by atoms with van der Waals surface area (Å²) in [5.41, 5.74) is -0.561. The molecule has 0 radical (unpaired) electrons. The normalized spacial score (nSPS) is 27.6. The fraction of sp³-hybridized carbons (Fsp3) is 0.708. The van der Waals surface area contributed by atoms with Crippen molar-refractivity contribution < 1.29 is 27.9 Å². The van der Waals surface area contributed by atoms with Gasteiger partial charge in [0.2, 0.25) is 5.91 Å². The Labute approximate surface area is 198 Å². The second kappa shape index (κ2) is 10.5. The van der Waals surface area contributed by atoms with Crippen molar-refractivity contribution in [2.24, 2.45) is 11.3 Å². The van der Waals surface area contributed by atoms with Gasteiger partial charge in [0.15, 0.2) is 14.8 Å². The van der Waals surface area contributed by atoms with Crippen LogP contribution in [0.25, 0.3) is 0 Å².